The van der Waals surface area contributed by atoms with E-state index in [0.717, 1.165) is 5.56 Å². The number of hydrogen-bond acceptors (Lipinski definition) is 4. The summed E-state index contributed by atoms with van der Waals surface area (Å²) in [5, 5.41) is 3.51. The topological polar surface area (TPSA) is 62.4 Å². The first-order valence-electron chi connectivity index (χ1n) is 9.66. The largest absolute Gasteiger partial charge is 0.435 e. The van der Waals surface area contributed by atoms with Crippen LogP contribution in [0, 0.1) is 0 Å². The van der Waals surface area contributed by atoms with Gasteiger partial charge in [-0.25, -0.2) is 5.43 Å². The van der Waals surface area contributed by atoms with Crippen LogP contribution in [0.2, 0.25) is 5.02 Å². The summed E-state index contributed by atoms with van der Waals surface area (Å²) in [6, 6.07) is 22.6. The molecule has 1 aliphatic heterocycles. The smallest absolute Gasteiger partial charge is 0.387 e. The van der Waals surface area contributed by atoms with E-state index >= 15 is 0 Å². The van der Waals surface area contributed by atoms with Crippen molar-refractivity contribution in [3.05, 3.63) is 95.0 Å². The Hall–Kier alpha value is -3.00. The zero-order valence-electron chi connectivity index (χ0n) is 16.3. The van der Waals surface area contributed by atoms with E-state index in [9.17, 15) is 13.6 Å². The van der Waals surface area contributed by atoms with Gasteiger partial charge < -0.3 is 10.1 Å². The monoisotopic (exact) mass is 443 g/mol. The molecule has 0 spiro atoms. The van der Waals surface area contributed by atoms with Gasteiger partial charge in [0, 0.05) is 23.2 Å². The molecule has 4 rings (SSSR count). The third-order valence-electron chi connectivity index (χ3n) is 5.31. The summed E-state index contributed by atoms with van der Waals surface area (Å²) < 4.78 is 29.6. The van der Waals surface area contributed by atoms with Gasteiger partial charge in [-0.3, -0.25) is 10.2 Å². The summed E-state index contributed by atoms with van der Waals surface area (Å²) in [5.41, 5.74) is 7.22. The molecule has 0 saturated carbocycles. The number of amides is 1. The van der Waals surface area contributed by atoms with Crippen molar-refractivity contribution in [2.45, 2.75) is 18.1 Å². The van der Waals surface area contributed by atoms with Gasteiger partial charge in [0.1, 0.15) is 11.3 Å². The number of rotatable bonds is 6. The summed E-state index contributed by atoms with van der Waals surface area (Å²) in [5.74, 6) is -0.534. The van der Waals surface area contributed by atoms with Gasteiger partial charge in [-0.05, 0) is 47.5 Å². The molecule has 3 aromatic carbocycles. The quantitative estimate of drug-likeness (QED) is 0.518. The van der Waals surface area contributed by atoms with Gasteiger partial charge in [-0.15, -0.1) is 0 Å². The van der Waals surface area contributed by atoms with E-state index in [1.165, 1.54) is 12.1 Å². The van der Waals surface area contributed by atoms with Crippen molar-refractivity contribution in [1.82, 2.24) is 10.9 Å². The summed E-state index contributed by atoms with van der Waals surface area (Å²) in [6.07, 6.45) is 0. The van der Waals surface area contributed by atoms with Crippen LogP contribution < -0.4 is 20.9 Å². The molecule has 2 atom stereocenters. The lowest BCUT2D eigenvalue weighted by atomic mass is 9.75. The van der Waals surface area contributed by atoms with Crippen LogP contribution in [0.4, 0.5) is 14.5 Å². The zero-order chi connectivity index (χ0) is 21.8. The average molecular weight is 444 g/mol. The molecule has 3 aromatic rings. The molecule has 0 aromatic heterocycles. The van der Waals surface area contributed by atoms with Crippen LogP contribution in [0.3, 0.4) is 0 Å². The predicted octanol–water partition coefficient (Wildman–Crippen LogP) is 4.67. The van der Waals surface area contributed by atoms with Crippen LogP contribution >= 0.6 is 11.6 Å². The van der Waals surface area contributed by atoms with E-state index in [1.54, 1.807) is 36.4 Å². The lowest BCUT2D eigenvalue weighted by molar-refractivity contribution is -0.123. The number of ether oxygens (including phenoxy) is 1. The highest BCUT2D eigenvalue weighted by molar-refractivity contribution is 6.30. The fourth-order valence-electron chi connectivity index (χ4n) is 3.87. The Labute approximate surface area is 183 Å². The molecule has 1 heterocycles. The fourth-order valence-corrected chi connectivity index (χ4v) is 3.99. The third kappa shape index (κ3) is 4.39. The molecule has 0 radical (unpaired) electrons. The van der Waals surface area contributed by atoms with Crippen LogP contribution in [0.15, 0.2) is 78.9 Å². The number of anilines is 1. The Bertz CT molecular complexity index is 1030. The number of carbonyl (C=O) groups excluding carboxylic acids is 1. The molecule has 5 nitrogen and oxygen atoms in total. The standard InChI is InChI=1S/C23H20ClF2N3O2/c24-17-8-10-18(11-9-17)28-21(30)23(16-6-12-19(13-7-16)31-22(25)26)20(14-27-29-23)15-4-2-1-3-5-15/h1-13,20,22,27,29H,14H2,(H,28,30). The molecule has 0 bridgehead atoms. The number of hydrazine groups is 1. The molecule has 160 valence electrons. The predicted molar refractivity (Wildman–Crippen MR) is 115 cm³/mol. The number of carbonyl (C=O) groups is 1. The Morgan fingerprint density at radius 2 is 1.71 bits per heavy atom. The first kappa shape index (κ1) is 21.2. The van der Waals surface area contributed by atoms with Crippen LogP contribution in [-0.2, 0) is 10.3 Å². The first-order valence-corrected chi connectivity index (χ1v) is 10.0. The van der Waals surface area contributed by atoms with Crippen molar-refractivity contribution in [2.75, 3.05) is 11.9 Å². The van der Waals surface area contributed by atoms with Gasteiger partial charge >= 0.3 is 6.61 Å². The van der Waals surface area contributed by atoms with E-state index in [4.69, 9.17) is 11.6 Å². The van der Waals surface area contributed by atoms with Gasteiger partial charge in [-0.1, -0.05) is 54.1 Å². The Morgan fingerprint density at radius 3 is 2.35 bits per heavy atom. The van der Waals surface area contributed by atoms with Crippen molar-refractivity contribution in [1.29, 1.82) is 0 Å². The number of alkyl halides is 2. The van der Waals surface area contributed by atoms with Crippen molar-refractivity contribution in [3.63, 3.8) is 0 Å². The SMILES string of the molecule is O=C(Nc1ccc(Cl)cc1)C1(c2ccc(OC(F)F)cc2)NNCC1c1ccccc1. The number of hydrogen-bond donors (Lipinski definition) is 3. The highest BCUT2D eigenvalue weighted by atomic mass is 35.5. The Morgan fingerprint density at radius 1 is 1.03 bits per heavy atom. The molecular weight excluding hydrogens is 424 g/mol. The van der Waals surface area contributed by atoms with Gasteiger partial charge in [0.05, 0.1) is 0 Å². The van der Waals surface area contributed by atoms with E-state index < -0.39 is 12.2 Å². The molecule has 1 aliphatic rings. The van der Waals surface area contributed by atoms with Crippen molar-refractivity contribution < 1.29 is 18.3 Å². The highest BCUT2D eigenvalue weighted by Gasteiger charge is 2.51. The second kappa shape index (κ2) is 9.01. The molecule has 1 fully saturated rings. The maximum Gasteiger partial charge on any atom is 0.387 e. The highest BCUT2D eigenvalue weighted by Crippen LogP contribution is 2.41. The lowest BCUT2D eigenvalue weighted by Gasteiger charge is -2.34. The van der Waals surface area contributed by atoms with Gasteiger partial charge in [-0.2, -0.15) is 8.78 Å². The van der Waals surface area contributed by atoms with Crippen LogP contribution in [-0.4, -0.2) is 19.1 Å². The Kier molecular flexibility index (Phi) is 6.18. The summed E-state index contributed by atoms with van der Waals surface area (Å²) >= 11 is 5.95. The molecular formula is C23H20ClF2N3O2. The van der Waals surface area contributed by atoms with E-state index in [1.807, 2.05) is 30.3 Å². The molecule has 8 heteroatoms. The number of halogens is 3. The van der Waals surface area contributed by atoms with Gasteiger partial charge in [0.25, 0.3) is 5.91 Å². The second-order valence-corrected chi connectivity index (χ2v) is 7.58. The first-order chi connectivity index (χ1) is 15.0. The molecule has 2 unspecified atom stereocenters. The van der Waals surface area contributed by atoms with Gasteiger partial charge in [0.15, 0.2) is 0 Å². The maximum absolute atomic E-state index is 13.7. The third-order valence-corrected chi connectivity index (χ3v) is 5.56. The number of benzene rings is 3. The van der Waals surface area contributed by atoms with Crippen LogP contribution in [0.25, 0.3) is 0 Å². The number of nitrogens with one attached hydrogen (secondary N) is 3. The van der Waals surface area contributed by atoms with Crippen molar-refractivity contribution in [2.24, 2.45) is 0 Å². The average Bonchev–Trinajstić information content (AvgIpc) is 3.22. The van der Waals surface area contributed by atoms with Crippen molar-refractivity contribution >= 4 is 23.2 Å². The van der Waals surface area contributed by atoms with E-state index in [0.29, 0.717) is 22.8 Å². The maximum atomic E-state index is 13.7. The van der Waals surface area contributed by atoms with Crippen LogP contribution in [0.5, 0.6) is 5.75 Å². The normalized spacial score (nSPS) is 20.6. The van der Waals surface area contributed by atoms with E-state index in [-0.39, 0.29) is 17.6 Å². The summed E-state index contributed by atoms with van der Waals surface area (Å²) in [4.78, 5) is 13.7. The van der Waals surface area contributed by atoms with E-state index in [2.05, 4.69) is 20.9 Å². The minimum Gasteiger partial charge on any atom is -0.435 e. The molecule has 1 amide bonds. The second-order valence-electron chi connectivity index (χ2n) is 7.14. The molecule has 3 N–H and O–H groups in total. The molecule has 31 heavy (non-hydrogen) atoms. The summed E-state index contributed by atoms with van der Waals surface area (Å²) in [7, 11) is 0. The van der Waals surface area contributed by atoms with Gasteiger partial charge in [0.2, 0.25) is 0 Å². The summed E-state index contributed by atoms with van der Waals surface area (Å²) in [6.45, 7) is -2.43. The minimum absolute atomic E-state index is 0.0224. The zero-order valence-corrected chi connectivity index (χ0v) is 17.1. The fraction of sp³-hybridized carbons (Fsp3) is 0.174. The molecule has 1 saturated heterocycles. The van der Waals surface area contributed by atoms with Crippen LogP contribution in [0.1, 0.15) is 17.0 Å². The molecule has 0 aliphatic carbocycles. The Balaban J connectivity index is 1.74. The lowest BCUT2D eigenvalue weighted by Crippen LogP contribution is -2.53. The minimum atomic E-state index is -2.92. The van der Waals surface area contributed by atoms with Crippen molar-refractivity contribution in [3.8, 4) is 5.75 Å².